The van der Waals surface area contributed by atoms with Crippen LogP contribution in [0.1, 0.15) is 86.5 Å². The molecule has 0 saturated carbocycles. The van der Waals surface area contributed by atoms with E-state index in [0.29, 0.717) is 32.2 Å². The van der Waals surface area contributed by atoms with Crippen molar-refractivity contribution >= 4 is 33.9 Å². The number of para-hydroxylation sites is 1. The highest BCUT2D eigenvalue weighted by Gasteiger charge is 2.38. The summed E-state index contributed by atoms with van der Waals surface area (Å²) < 4.78 is 38.5. The first-order valence-electron chi connectivity index (χ1n) is 14.3. The smallest absolute Gasteiger partial charge is 0.407 e. The average molecular weight is 631 g/mol. The molecule has 0 saturated heterocycles. The van der Waals surface area contributed by atoms with Crippen molar-refractivity contribution in [2.75, 3.05) is 19.6 Å². The fourth-order valence-corrected chi connectivity index (χ4v) is 5.81. The average Bonchev–Trinajstić information content (AvgIpc) is 2.86. The number of carboxylic acids is 1. The van der Waals surface area contributed by atoms with Crippen LogP contribution in [0.3, 0.4) is 0 Å². The minimum absolute atomic E-state index is 0.0784. The van der Waals surface area contributed by atoms with Gasteiger partial charge in [0, 0.05) is 25.7 Å². The fourth-order valence-electron chi connectivity index (χ4n) is 4.00. The lowest BCUT2D eigenvalue weighted by Gasteiger charge is -2.28. The van der Waals surface area contributed by atoms with Gasteiger partial charge in [0.25, 0.3) is 15.7 Å². The Balaban J connectivity index is 2.93. The maximum atomic E-state index is 13.7. The number of nitrogens with zero attached hydrogens (tertiary/aromatic N) is 2. The van der Waals surface area contributed by atoms with Crippen molar-refractivity contribution in [3.8, 4) is 0 Å². The third-order valence-electron chi connectivity index (χ3n) is 5.83. The molecule has 0 aromatic heterocycles. The van der Waals surface area contributed by atoms with Crippen molar-refractivity contribution in [2.45, 2.75) is 109 Å². The number of aliphatic carboxylic acids is 1. The zero-order chi connectivity index (χ0) is 32.8. The van der Waals surface area contributed by atoms with Gasteiger partial charge in [0.2, 0.25) is 0 Å². The van der Waals surface area contributed by atoms with E-state index < -0.39 is 60.9 Å². The maximum absolute atomic E-state index is 13.7. The lowest BCUT2D eigenvalue weighted by Crippen LogP contribution is -2.45. The molecular formula is C28H46N4O10S. The zero-order valence-corrected chi connectivity index (χ0v) is 26.7. The zero-order valence-electron chi connectivity index (χ0n) is 25.9. The number of carbonyl (C=O) groups is 3. The van der Waals surface area contributed by atoms with Gasteiger partial charge >= 0.3 is 18.2 Å². The number of benzene rings is 1. The van der Waals surface area contributed by atoms with E-state index in [1.165, 1.54) is 12.1 Å². The van der Waals surface area contributed by atoms with Crippen LogP contribution in [0.15, 0.2) is 29.2 Å². The van der Waals surface area contributed by atoms with Crippen LogP contribution in [0, 0.1) is 10.1 Å². The molecule has 43 heavy (non-hydrogen) atoms. The number of unbranched alkanes of at least 4 members (excludes halogenated alkanes) is 4. The first-order valence-corrected chi connectivity index (χ1v) is 15.7. The van der Waals surface area contributed by atoms with E-state index >= 15 is 0 Å². The second kappa shape index (κ2) is 17.0. The highest BCUT2D eigenvalue weighted by atomic mass is 32.2. The van der Waals surface area contributed by atoms with E-state index in [4.69, 9.17) is 9.47 Å². The molecule has 0 spiro atoms. The third kappa shape index (κ3) is 14.5. The fraction of sp³-hybridized carbons (Fsp3) is 0.679. The first-order chi connectivity index (χ1) is 19.8. The predicted octanol–water partition coefficient (Wildman–Crippen LogP) is 4.82. The van der Waals surface area contributed by atoms with Crippen LogP contribution >= 0.6 is 0 Å². The summed E-state index contributed by atoms with van der Waals surface area (Å²) in [5.74, 6) is -1.39. The van der Waals surface area contributed by atoms with Gasteiger partial charge < -0.3 is 25.2 Å². The van der Waals surface area contributed by atoms with E-state index in [1.54, 1.807) is 41.5 Å². The van der Waals surface area contributed by atoms with Crippen LogP contribution in [0.2, 0.25) is 0 Å². The monoisotopic (exact) mass is 630 g/mol. The van der Waals surface area contributed by atoms with Gasteiger partial charge in [-0.1, -0.05) is 25.0 Å². The molecule has 2 amide bonds. The molecule has 0 aliphatic rings. The van der Waals surface area contributed by atoms with Crippen LogP contribution in [-0.4, -0.2) is 77.8 Å². The Morgan fingerprint density at radius 3 is 1.86 bits per heavy atom. The highest BCUT2D eigenvalue weighted by Crippen LogP contribution is 2.29. The first kappa shape index (κ1) is 37.6. The molecule has 14 nitrogen and oxygen atoms in total. The topological polar surface area (TPSA) is 194 Å². The van der Waals surface area contributed by atoms with Crippen LogP contribution in [0.25, 0.3) is 0 Å². The Morgan fingerprint density at radius 1 is 0.884 bits per heavy atom. The summed E-state index contributed by atoms with van der Waals surface area (Å²) >= 11 is 0. The Labute approximate surface area is 253 Å². The van der Waals surface area contributed by atoms with Crippen LogP contribution in [0.4, 0.5) is 15.3 Å². The summed E-state index contributed by atoms with van der Waals surface area (Å²) in [7, 11) is -4.58. The van der Waals surface area contributed by atoms with E-state index in [9.17, 15) is 38.0 Å². The Hall–Kier alpha value is -3.46. The normalized spacial score (nSPS) is 12.8. The van der Waals surface area contributed by atoms with Gasteiger partial charge in [-0.25, -0.2) is 18.0 Å². The van der Waals surface area contributed by atoms with Gasteiger partial charge in [-0.2, -0.15) is 4.31 Å². The van der Waals surface area contributed by atoms with Crippen LogP contribution < -0.4 is 10.6 Å². The number of carboxylic acid groups (broad SMARTS) is 1. The number of hydrogen-bond donors (Lipinski definition) is 3. The second-order valence-electron chi connectivity index (χ2n) is 12.0. The molecule has 0 bridgehead atoms. The van der Waals surface area contributed by atoms with Crippen molar-refractivity contribution < 1.29 is 42.3 Å². The molecule has 0 fully saturated rings. The number of nitro benzene ring substituents is 1. The van der Waals surface area contributed by atoms with Gasteiger partial charge in [0.05, 0.1) is 4.92 Å². The minimum Gasteiger partial charge on any atom is -0.480 e. The molecular weight excluding hydrogens is 584 g/mol. The quantitative estimate of drug-likeness (QED) is 0.122. The number of nitrogens with one attached hydrogen (secondary N) is 2. The van der Waals surface area contributed by atoms with E-state index in [-0.39, 0.29) is 32.4 Å². The molecule has 3 N–H and O–H groups in total. The largest absolute Gasteiger partial charge is 0.480 e. The molecule has 1 aromatic carbocycles. The van der Waals surface area contributed by atoms with Crippen LogP contribution in [0.5, 0.6) is 0 Å². The van der Waals surface area contributed by atoms with Crippen molar-refractivity contribution in [1.82, 2.24) is 14.9 Å². The molecule has 0 aliphatic carbocycles. The molecule has 1 rings (SSSR count). The van der Waals surface area contributed by atoms with Gasteiger partial charge in [0.1, 0.15) is 17.2 Å². The lowest BCUT2D eigenvalue weighted by atomic mass is 10.1. The van der Waals surface area contributed by atoms with Gasteiger partial charge in [-0.3, -0.25) is 14.9 Å². The number of hydrogen-bond acceptors (Lipinski definition) is 9. The van der Waals surface area contributed by atoms with Gasteiger partial charge in [-0.15, -0.1) is 0 Å². The molecule has 15 heteroatoms. The molecule has 0 unspecified atom stereocenters. The number of ether oxygens (including phenoxy) is 2. The Morgan fingerprint density at radius 2 is 1.37 bits per heavy atom. The van der Waals surface area contributed by atoms with Crippen molar-refractivity contribution in [1.29, 1.82) is 0 Å². The number of sulfonamides is 1. The summed E-state index contributed by atoms with van der Waals surface area (Å²) in [5.41, 5.74) is -1.95. The number of alkyl carbamates (subject to hydrolysis) is 2. The number of rotatable bonds is 17. The summed E-state index contributed by atoms with van der Waals surface area (Å²) in [4.78, 5) is 46.1. The molecule has 0 heterocycles. The van der Waals surface area contributed by atoms with E-state index in [0.717, 1.165) is 16.4 Å². The van der Waals surface area contributed by atoms with E-state index in [1.807, 2.05) is 0 Å². The summed E-state index contributed by atoms with van der Waals surface area (Å²) in [6.45, 7) is 10.8. The lowest BCUT2D eigenvalue weighted by molar-refractivity contribution is -0.387. The maximum Gasteiger partial charge on any atom is 0.407 e. The third-order valence-corrected chi connectivity index (χ3v) is 7.78. The summed E-state index contributed by atoms with van der Waals surface area (Å²) in [6.07, 6.45) is 1.38. The summed E-state index contributed by atoms with van der Waals surface area (Å²) in [6, 6.07) is 3.33. The molecule has 0 aliphatic heterocycles. The summed E-state index contributed by atoms with van der Waals surface area (Å²) in [5, 5.41) is 26.8. The van der Waals surface area contributed by atoms with E-state index in [2.05, 4.69) is 10.6 Å². The van der Waals surface area contributed by atoms with Crippen molar-refractivity contribution in [3.63, 3.8) is 0 Å². The Bertz CT molecular complexity index is 1190. The number of carbonyl (C=O) groups excluding carboxylic acids is 2. The minimum atomic E-state index is -4.58. The van der Waals surface area contributed by atoms with Crippen molar-refractivity contribution in [3.05, 3.63) is 34.4 Å². The standard InChI is InChI=1S/C28H46N4O10S/c1-27(2,3)41-25(35)29-18-12-7-8-14-20-31(43(39,40)23-17-10-9-15-21(23)32(37)38)22(24(33)34)16-11-13-19-30-26(36)42-28(4,5)6/h9-10,15,17,22H,7-8,11-14,16,18-20H2,1-6H3,(H,29,35)(H,30,36)(H,33,34)/t22-/m0/s1. The molecule has 1 atom stereocenters. The van der Waals surface area contributed by atoms with Gasteiger partial charge in [0.15, 0.2) is 4.90 Å². The number of nitro groups is 1. The predicted molar refractivity (Wildman–Crippen MR) is 159 cm³/mol. The second-order valence-corrected chi connectivity index (χ2v) is 13.8. The van der Waals surface area contributed by atoms with Crippen LogP contribution in [-0.2, 0) is 24.3 Å². The number of amides is 2. The van der Waals surface area contributed by atoms with Crippen molar-refractivity contribution in [2.24, 2.45) is 0 Å². The Kier molecular flexibility index (Phi) is 14.8. The van der Waals surface area contributed by atoms with Gasteiger partial charge in [-0.05, 0) is 79.7 Å². The SMILES string of the molecule is CC(C)(C)OC(=O)NCCCCCCN([C@@H](CCCCNC(=O)OC(C)(C)C)C(=O)O)S(=O)(=O)c1ccccc1[N+](=O)[O-]. The highest BCUT2D eigenvalue weighted by molar-refractivity contribution is 7.89. The molecule has 244 valence electrons. The molecule has 1 aromatic rings. The molecule has 0 radical (unpaired) electrons.